The number of nitrogens with one attached hydrogen (secondary N) is 1. The van der Waals surface area contributed by atoms with Crippen LogP contribution in [0, 0.1) is 5.92 Å². The summed E-state index contributed by atoms with van der Waals surface area (Å²) in [5.41, 5.74) is 1.61. The normalized spacial score (nSPS) is 17.4. The van der Waals surface area contributed by atoms with Gasteiger partial charge in [-0.1, -0.05) is 0 Å². The lowest BCUT2D eigenvalue weighted by Gasteiger charge is -2.16. The molecule has 0 amide bonds. The Bertz CT molecular complexity index is 948. The molecule has 2 N–H and O–H groups in total. The predicted molar refractivity (Wildman–Crippen MR) is 99.6 cm³/mol. The van der Waals surface area contributed by atoms with Crippen LogP contribution in [0.3, 0.4) is 0 Å². The number of methoxy groups -OCH3 is 1. The molecule has 6 nitrogen and oxygen atoms in total. The van der Waals surface area contributed by atoms with Crippen LogP contribution < -0.4 is 15.2 Å². The summed E-state index contributed by atoms with van der Waals surface area (Å²) in [7, 11) is 1.64. The van der Waals surface area contributed by atoms with Crippen molar-refractivity contribution in [1.82, 2.24) is 9.97 Å². The summed E-state index contributed by atoms with van der Waals surface area (Å²) in [5.74, 6) is 1.05. The molecule has 0 bridgehead atoms. The monoisotopic (exact) mass is 357 g/mol. The number of anilines is 1. The van der Waals surface area contributed by atoms with Crippen molar-refractivity contribution in [3.05, 3.63) is 40.9 Å². The summed E-state index contributed by atoms with van der Waals surface area (Å²) in [4.78, 5) is 22.8. The van der Waals surface area contributed by atoms with Crippen molar-refractivity contribution in [2.75, 3.05) is 31.7 Å². The fraction of sp³-hybridized carbons (Fsp3) is 0.333. The van der Waals surface area contributed by atoms with Gasteiger partial charge in [-0.25, -0.2) is 4.98 Å². The van der Waals surface area contributed by atoms with Gasteiger partial charge in [0.2, 0.25) is 0 Å². The van der Waals surface area contributed by atoms with Crippen molar-refractivity contribution in [2.24, 2.45) is 5.92 Å². The zero-order chi connectivity index (χ0) is 17.4. The molecule has 3 aromatic rings. The van der Waals surface area contributed by atoms with Crippen LogP contribution in [0.1, 0.15) is 6.42 Å². The van der Waals surface area contributed by atoms with E-state index in [1.54, 1.807) is 18.4 Å². The number of aromatic nitrogens is 2. The van der Waals surface area contributed by atoms with Crippen LogP contribution in [0.5, 0.6) is 5.75 Å². The molecule has 1 unspecified atom stereocenters. The average Bonchev–Trinajstić information content (AvgIpc) is 3.27. The lowest BCUT2D eigenvalue weighted by Crippen LogP contribution is -2.21. The highest BCUT2D eigenvalue weighted by Gasteiger charge is 2.27. The van der Waals surface area contributed by atoms with Gasteiger partial charge in [0.05, 0.1) is 23.8 Å². The molecule has 1 saturated heterocycles. The van der Waals surface area contributed by atoms with Gasteiger partial charge in [0, 0.05) is 25.6 Å². The third kappa shape index (κ3) is 2.79. The minimum absolute atomic E-state index is 0.122. The van der Waals surface area contributed by atoms with Crippen LogP contribution in [-0.4, -0.2) is 41.9 Å². The number of hydrogen-bond acceptors (Lipinski definition) is 6. The fourth-order valence-corrected chi connectivity index (χ4v) is 4.58. The first kappa shape index (κ1) is 16.1. The molecular weight excluding hydrogens is 338 g/mol. The lowest BCUT2D eigenvalue weighted by atomic mass is 10.1. The molecule has 1 aliphatic heterocycles. The first-order chi connectivity index (χ1) is 12.2. The SMILES string of the molecule is COc1ccc(-c2sc(N3CCC(CO)C3)c3c(=O)[nH]cnc23)cc1. The number of nitrogens with zero attached hydrogens (tertiary/aromatic N) is 2. The quantitative estimate of drug-likeness (QED) is 0.750. The van der Waals surface area contributed by atoms with Gasteiger partial charge in [-0.2, -0.15) is 0 Å². The number of hydrogen-bond donors (Lipinski definition) is 2. The summed E-state index contributed by atoms with van der Waals surface area (Å²) < 4.78 is 5.22. The van der Waals surface area contributed by atoms with Gasteiger partial charge < -0.3 is 19.7 Å². The Labute approximate surface area is 148 Å². The van der Waals surface area contributed by atoms with E-state index in [9.17, 15) is 9.90 Å². The molecular formula is C18H19N3O3S. The molecule has 1 fully saturated rings. The van der Waals surface area contributed by atoms with Crippen LogP contribution in [0.4, 0.5) is 5.00 Å². The van der Waals surface area contributed by atoms with Crippen molar-refractivity contribution < 1.29 is 9.84 Å². The third-order valence-electron chi connectivity index (χ3n) is 4.66. The van der Waals surface area contributed by atoms with Crippen LogP contribution in [-0.2, 0) is 0 Å². The smallest absolute Gasteiger partial charge is 0.261 e. The van der Waals surface area contributed by atoms with E-state index in [4.69, 9.17) is 4.74 Å². The van der Waals surface area contributed by atoms with E-state index in [0.717, 1.165) is 46.2 Å². The van der Waals surface area contributed by atoms with Crippen molar-refractivity contribution in [2.45, 2.75) is 6.42 Å². The molecule has 3 heterocycles. The zero-order valence-corrected chi connectivity index (χ0v) is 14.7. The summed E-state index contributed by atoms with van der Waals surface area (Å²) in [6.07, 6.45) is 2.39. The Hall–Kier alpha value is -2.38. The van der Waals surface area contributed by atoms with Gasteiger partial charge in [-0.15, -0.1) is 11.3 Å². The number of benzene rings is 1. The highest BCUT2D eigenvalue weighted by atomic mass is 32.1. The van der Waals surface area contributed by atoms with E-state index >= 15 is 0 Å². The highest BCUT2D eigenvalue weighted by Crippen LogP contribution is 2.43. The Morgan fingerprint density at radius 3 is 2.88 bits per heavy atom. The largest absolute Gasteiger partial charge is 0.497 e. The molecule has 0 saturated carbocycles. The third-order valence-corrected chi connectivity index (χ3v) is 5.95. The molecule has 1 aliphatic rings. The number of aliphatic hydroxyl groups is 1. The Morgan fingerprint density at radius 2 is 2.20 bits per heavy atom. The van der Waals surface area contributed by atoms with Crippen molar-refractivity contribution in [3.63, 3.8) is 0 Å². The number of rotatable bonds is 4. The van der Waals surface area contributed by atoms with Crippen LogP contribution in [0.25, 0.3) is 21.3 Å². The molecule has 1 atom stereocenters. The highest BCUT2D eigenvalue weighted by molar-refractivity contribution is 7.21. The number of aromatic amines is 1. The van der Waals surface area contributed by atoms with Gasteiger partial charge in [0.1, 0.15) is 16.1 Å². The maximum Gasteiger partial charge on any atom is 0.261 e. The maximum absolute atomic E-state index is 12.5. The van der Waals surface area contributed by atoms with Gasteiger partial charge in [-0.05, 0) is 36.2 Å². The molecule has 2 aromatic heterocycles. The van der Waals surface area contributed by atoms with Crippen molar-refractivity contribution >= 4 is 27.2 Å². The molecule has 130 valence electrons. The topological polar surface area (TPSA) is 78.5 Å². The molecule has 7 heteroatoms. The Kier molecular flexibility index (Phi) is 4.19. The van der Waals surface area contributed by atoms with Crippen LogP contribution >= 0.6 is 11.3 Å². The van der Waals surface area contributed by atoms with E-state index in [0.29, 0.717) is 5.39 Å². The molecule has 0 aliphatic carbocycles. The Morgan fingerprint density at radius 1 is 1.40 bits per heavy atom. The molecule has 4 rings (SSSR count). The van der Waals surface area contributed by atoms with Crippen LogP contribution in [0.15, 0.2) is 35.4 Å². The fourth-order valence-electron chi connectivity index (χ4n) is 3.29. The predicted octanol–water partition coefficient (Wildman–Crippen LogP) is 2.48. The number of H-pyrrole nitrogens is 1. The number of ether oxygens (including phenoxy) is 1. The minimum Gasteiger partial charge on any atom is -0.497 e. The van der Waals surface area contributed by atoms with Crippen molar-refractivity contribution in [1.29, 1.82) is 0 Å². The van der Waals surface area contributed by atoms with E-state index in [2.05, 4.69) is 14.9 Å². The molecule has 0 radical (unpaired) electrons. The molecule has 0 spiro atoms. The second kappa shape index (κ2) is 6.50. The van der Waals surface area contributed by atoms with Gasteiger partial charge >= 0.3 is 0 Å². The Balaban J connectivity index is 1.85. The van der Waals surface area contributed by atoms with Gasteiger partial charge in [0.15, 0.2) is 0 Å². The van der Waals surface area contributed by atoms with E-state index in [1.165, 1.54) is 6.33 Å². The first-order valence-corrected chi connectivity index (χ1v) is 9.03. The van der Waals surface area contributed by atoms with E-state index in [1.807, 2.05) is 24.3 Å². The van der Waals surface area contributed by atoms with Crippen molar-refractivity contribution in [3.8, 4) is 16.2 Å². The van der Waals surface area contributed by atoms with Gasteiger partial charge in [0.25, 0.3) is 5.56 Å². The molecule has 25 heavy (non-hydrogen) atoms. The summed E-state index contributed by atoms with van der Waals surface area (Å²) in [5, 5.41) is 11.0. The number of aliphatic hydroxyl groups excluding tert-OH is 1. The first-order valence-electron chi connectivity index (χ1n) is 8.21. The lowest BCUT2D eigenvalue weighted by molar-refractivity contribution is 0.239. The number of fused-ring (bicyclic) bond motifs is 1. The summed E-state index contributed by atoms with van der Waals surface area (Å²) >= 11 is 1.58. The maximum atomic E-state index is 12.5. The van der Waals surface area contributed by atoms with Crippen LogP contribution in [0.2, 0.25) is 0 Å². The van der Waals surface area contributed by atoms with E-state index in [-0.39, 0.29) is 18.1 Å². The second-order valence-corrected chi connectivity index (χ2v) is 7.20. The summed E-state index contributed by atoms with van der Waals surface area (Å²) in [6, 6.07) is 7.78. The summed E-state index contributed by atoms with van der Waals surface area (Å²) in [6.45, 7) is 1.79. The molecule has 1 aromatic carbocycles. The van der Waals surface area contributed by atoms with Gasteiger partial charge in [-0.3, -0.25) is 4.79 Å². The minimum atomic E-state index is -0.122. The second-order valence-electron chi connectivity index (χ2n) is 6.20. The van der Waals surface area contributed by atoms with E-state index < -0.39 is 0 Å². The average molecular weight is 357 g/mol. The number of thiophene rings is 1. The zero-order valence-electron chi connectivity index (χ0n) is 13.9. The standard InChI is InChI=1S/C18H19N3O3S/c1-24-13-4-2-12(3-5-13)16-15-14(17(23)20-10-19-15)18(25-16)21-7-6-11(8-21)9-22/h2-5,10-11,22H,6-9H2,1H3,(H,19,20,23).